The fourth-order valence-corrected chi connectivity index (χ4v) is 3.36. The van der Waals surface area contributed by atoms with Crippen molar-refractivity contribution in [2.75, 3.05) is 5.73 Å². The van der Waals surface area contributed by atoms with Crippen LogP contribution in [0.25, 0.3) is 0 Å². The minimum Gasteiger partial charge on any atom is -0.398 e. The summed E-state index contributed by atoms with van der Waals surface area (Å²) >= 11 is 0. The molecule has 0 fully saturated rings. The standard InChI is InChI=1S/C15H18N2O2S/c1-11-8-14(16)12(2)15(9-11)20(18,19)17-10-13-6-4-3-5-7-13/h3-9,17H,10,16H2,1-2H3. The van der Waals surface area contributed by atoms with E-state index in [1.807, 2.05) is 37.3 Å². The van der Waals surface area contributed by atoms with Gasteiger partial charge in [-0.3, -0.25) is 0 Å². The third kappa shape index (κ3) is 3.18. The molecule has 0 saturated carbocycles. The number of aryl methyl sites for hydroxylation is 1. The number of nitrogens with one attached hydrogen (secondary N) is 1. The number of hydrogen-bond acceptors (Lipinski definition) is 3. The van der Waals surface area contributed by atoms with Gasteiger partial charge >= 0.3 is 0 Å². The fraction of sp³-hybridized carbons (Fsp3) is 0.200. The van der Waals surface area contributed by atoms with Crippen LogP contribution in [0.4, 0.5) is 5.69 Å². The average molecular weight is 290 g/mol. The van der Waals surface area contributed by atoms with Crippen molar-refractivity contribution in [3.63, 3.8) is 0 Å². The Hall–Kier alpha value is -1.85. The summed E-state index contributed by atoms with van der Waals surface area (Å²) in [7, 11) is -3.56. The quantitative estimate of drug-likeness (QED) is 0.849. The van der Waals surface area contributed by atoms with Gasteiger partial charge in [-0.15, -0.1) is 0 Å². The summed E-state index contributed by atoms with van der Waals surface area (Å²) in [4.78, 5) is 0.242. The Labute approximate surface area is 119 Å². The third-order valence-corrected chi connectivity index (χ3v) is 4.67. The van der Waals surface area contributed by atoms with Gasteiger partial charge in [0.15, 0.2) is 0 Å². The maximum atomic E-state index is 12.4. The third-order valence-electron chi connectivity index (χ3n) is 3.14. The van der Waals surface area contributed by atoms with E-state index in [4.69, 9.17) is 5.73 Å². The smallest absolute Gasteiger partial charge is 0.241 e. The molecule has 20 heavy (non-hydrogen) atoms. The molecule has 0 aliphatic heterocycles. The number of hydrogen-bond donors (Lipinski definition) is 2. The van der Waals surface area contributed by atoms with Crippen molar-refractivity contribution < 1.29 is 8.42 Å². The fourth-order valence-electron chi connectivity index (χ4n) is 1.98. The van der Waals surface area contributed by atoms with Gasteiger partial charge in [0.05, 0.1) is 4.90 Å². The van der Waals surface area contributed by atoms with Crippen molar-refractivity contribution >= 4 is 15.7 Å². The van der Waals surface area contributed by atoms with E-state index in [1.54, 1.807) is 19.1 Å². The predicted octanol–water partition coefficient (Wildman–Crippen LogP) is 2.36. The van der Waals surface area contributed by atoms with E-state index in [2.05, 4.69) is 4.72 Å². The molecule has 2 aromatic carbocycles. The first kappa shape index (κ1) is 14.6. The highest BCUT2D eigenvalue weighted by molar-refractivity contribution is 7.89. The monoisotopic (exact) mass is 290 g/mol. The Bertz CT molecular complexity index is 710. The maximum absolute atomic E-state index is 12.4. The molecule has 0 aliphatic carbocycles. The van der Waals surface area contributed by atoms with Gasteiger partial charge in [-0.1, -0.05) is 30.3 Å². The van der Waals surface area contributed by atoms with E-state index < -0.39 is 10.0 Å². The zero-order chi connectivity index (χ0) is 14.8. The minimum atomic E-state index is -3.56. The highest BCUT2D eigenvalue weighted by Gasteiger charge is 2.18. The van der Waals surface area contributed by atoms with E-state index in [-0.39, 0.29) is 11.4 Å². The molecule has 3 N–H and O–H groups in total. The Morgan fingerprint density at radius 3 is 2.40 bits per heavy atom. The number of nitrogen functional groups attached to an aromatic ring is 1. The highest BCUT2D eigenvalue weighted by Crippen LogP contribution is 2.23. The topological polar surface area (TPSA) is 72.2 Å². The first-order chi connectivity index (χ1) is 9.40. The van der Waals surface area contributed by atoms with E-state index >= 15 is 0 Å². The van der Waals surface area contributed by atoms with Gasteiger partial charge in [-0.05, 0) is 42.7 Å². The molecule has 2 aromatic rings. The van der Waals surface area contributed by atoms with Crippen molar-refractivity contribution in [3.8, 4) is 0 Å². The lowest BCUT2D eigenvalue weighted by Crippen LogP contribution is -2.24. The van der Waals surface area contributed by atoms with Gasteiger partial charge < -0.3 is 5.73 Å². The Morgan fingerprint density at radius 2 is 1.75 bits per heavy atom. The number of rotatable bonds is 4. The van der Waals surface area contributed by atoms with Crippen LogP contribution in [0.3, 0.4) is 0 Å². The second-order valence-electron chi connectivity index (χ2n) is 4.79. The Kier molecular flexibility index (Phi) is 4.11. The van der Waals surface area contributed by atoms with Crippen LogP contribution in [-0.2, 0) is 16.6 Å². The van der Waals surface area contributed by atoms with E-state index in [0.717, 1.165) is 11.1 Å². The summed E-state index contributed by atoms with van der Waals surface area (Å²) in [6.45, 7) is 3.80. The van der Waals surface area contributed by atoms with Gasteiger partial charge in [0.2, 0.25) is 10.0 Å². The van der Waals surface area contributed by atoms with Gasteiger partial charge in [-0.25, -0.2) is 13.1 Å². The molecule has 106 valence electrons. The van der Waals surface area contributed by atoms with Crippen LogP contribution in [0.15, 0.2) is 47.4 Å². The molecule has 0 saturated heterocycles. The first-order valence-corrected chi connectivity index (χ1v) is 7.79. The molecule has 0 heterocycles. The van der Waals surface area contributed by atoms with Crippen LogP contribution >= 0.6 is 0 Å². The van der Waals surface area contributed by atoms with Gasteiger partial charge in [0.25, 0.3) is 0 Å². The lowest BCUT2D eigenvalue weighted by Gasteiger charge is -2.12. The molecular formula is C15H18N2O2S. The van der Waals surface area contributed by atoms with Crippen LogP contribution < -0.4 is 10.5 Å². The van der Waals surface area contributed by atoms with Gasteiger partial charge in [-0.2, -0.15) is 0 Å². The highest BCUT2D eigenvalue weighted by atomic mass is 32.2. The summed E-state index contributed by atoms with van der Waals surface area (Å²) in [6, 6.07) is 12.8. The Morgan fingerprint density at radius 1 is 1.10 bits per heavy atom. The summed E-state index contributed by atoms with van der Waals surface area (Å²) in [5.74, 6) is 0. The zero-order valence-corrected chi connectivity index (χ0v) is 12.4. The second kappa shape index (κ2) is 5.64. The van der Waals surface area contributed by atoms with E-state index in [0.29, 0.717) is 11.3 Å². The predicted molar refractivity (Wildman–Crippen MR) is 80.8 cm³/mol. The minimum absolute atomic E-state index is 0.242. The van der Waals surface area contributed by atoms with Crippen LogP contribution in [0.5, 0.6) is 0 Å². The molecule has 4 nitrogen and oxygen atoms in total. The lowest BCUT2D eigenvalue weighted by molar-refractivity contribution is 0.580. The molecule has 0 aromatic heterocycles. The molecule has 0 bridgehead atoms. The normalized spacial score (nSPS) is 11.5. The number of benzene rings is 2. The zero-order valence-electron chi connectivity index (χ0n) is 11.6. The van der Waals surface area contributed by atoms with Crippen molar-refractivity contribution in [3.05, 3.63) is 59.2 Å². The lowest BCUT2D eigenvalue weighted by atomic mass is 10.1. The molecule has 0 atom stereocenters. The number of nitrogens with two attached hydrogens (primary N) is 1. The van der Waals surface area contributed by atoms with Crippen molar-refractivity contribution in [2.45, 2.75) is 25.3 Å². The molecule has 0 unspecified atom stereocenters. The summed E-state index contributed by atoms with van der Waals surface area (Å²) < 4.78 is 27.3. The summed E-state index contributed by atoms with van der Waals surface area (Å²) in [6.07, 6.45) is 0. The molecule has 0 spiro atoms. The average Bonchev–Trinajstić information content (AvgIpc) is 2.42. The van der Waals surface area contributed by atoms with Crippen molar-refractivity contribution in [1.82, 2.24) is 4.72 Å². The van der Waals surface area contributed by atoms with Crippen LogP contribution in [-0.4, -0.2) is 8.42 Å². The van der Waals surface area contributed by atoms with Crippen molar-refractivity contribution in [1.29, 1.82) is 0 Å². The van der Waals surface area contributed by atoms with Gasteiger partial charge in [0, 0.05) is 12.2 Å². The molecule has 2 rings (SSSR count). The van der Waals surface area contributed by atoms with Crippen molar-refractivity contribution in [2.24, 2.45) is 0 Å². The van der Waals surface area contributed by atoms with E-state index in [9.17, 15) is 8.42 Å². The molecule has 0 aliphatic rings. The number of anilines is 1. The first-order valence-electron chi connectivity index (χ1n) is 6.30. The summed E-state index contributed by atoms with van der Waals surface area (Å²) in [5.41, 5.74) is 8.64. The molecular weight excluding hydrogens is 272 g/mol. The number of sulfonamides is 1. The molecule has 0 amide bonds. The Balaban J connectivity index is 2.27. The molecule has 5 heteroatoms. The maximum Gasteiger partial charge on any atom is 0.241 e. The van der Waals surface area contributed by atoms with Crippen LogP contribution in [0, 0.1) is 13.8 Å². The largest absolute Gasteiger partial charge is 0.398 e. The second-order valence-corrected chi connectivity index (χ2v) is 6.52. The van der Waals surface area contributed by atoms with E-state index in [1.165, 1.54) is 0 Å². The van der Waals surface area contributed by atoms with Crippen LogP contribution in [0.2, 0.25) is 0 Å². The van der Waals surface area contributed by atoms with Crippen LogP contribution in [0.1, 0.15) is 16.7 Å². The SMILES string of the molecule is Cc1cc(N)c(C)c(S(=O)(=O)NCc2ccccc2)c1. The van der Waals surface area contributed by atoms with Gasteiger partial charge in [0.1, 0.15) is 0 Å². The molecule has 0 radical (unpaired) electrons. The summed E-state index contributed by atoms with van der Waals surface area (Å²) in [5, 5.41) is 0.